The van der Waals surface area contributed by atoms with Crippen LogP contribution < -0.4 is 10.6 Å². The van der Waals surface area contributed by atoms with Gasteiger partial charge in [-0.15, -0.1) is 0 Å². The Balaban J connectivity index is 2.89. The van der Waals surface area contributed by atoms with Gasteiger partial charge in [0.05, 0.1) is 5.56 Å². The van der Waals surface area contributed by atoms with E-state index in [0.717, 1.165) is 17.9 Å². The fourth-order valence-electron chi connectivity index (χ4n) is 1.19. The third-order valence-electron chi connectivity index (χ3n) is 2.02. The molecule has 0 unspecified atom stereocenters. The summed E-state index contributed by atoms with van der Waals surface area (Å²) in [4.78, 5) is 4.01. The van der Waals surface area contributed by atoms with E-state index in [2.05, 4.69) is 15.6 Å². The number of aromatic nitrogens is 1. The topological polar surface area (TPSA) is 37.0 Å². The van der Waals surface area contributed by atoms with Crippen LogP contribution in [0.15, 0.2) is 12.1 Å². The van der Waals surface area contributed by atoms with Gasteiger partial charge in [-0.25, -0.2) is 4.98 Å². The second-order valence-corrected chi connectivity index (χ2v) is 4.28. The molecular formula is C10H14F3N3S. The fraction of sp³-hybridized carbons (Fsp3) is 0.500. The van der Waals surface area contributed by atoms with E-state index < -0.39 is 11.7 Å². The number of pyridine rings is 1. The van der Waals surface area contributed by atoms with E-state index in [0.29, 0.717) is 6.54 Å². The van der Waals surface area contributed by atoms with Crippen molar-refractivity contribution >= 4 is 23.4 Å². The Kier molecular flexibility index (Phi) is 4.92. The van der Waals surface area contributed by atoms with Crippen LogP contribution in [0.1, 0.15) is 5.56 Å². The molecule has 7 heteroatoms. The van der Waals surface area contributed by atoms with Gasteiger partial charge in [0, 0.05) is 19.3 Å². The Morgan fingerprint density at radius 1 is 1.29 bits per heavy atom. The number of halogens is 3. The van der Waals surface area contributed by atoms with Gasteiger partial charge in [-0.3, -0.25) is 0 Å². The highest BCUT2D eigenvalue weighted by atomic mass is 32.2. The van der Waals surface area contributed by atoms with E-state index in [4.69, 9.17) is 0 Å². The minimum Gasteiger partial charge on any atom is -0.373 e. The van der Waals surface area contributed by atoms with Gasteiger partial charge >= 0.3 is 6.18 Å². The monoisotopic (exact) mass is 265 g/mol. The molecule has 0 bridgehead atoms. The van der Waals surface area contributed by atoms with Gasteiger partial charge in [0.15, 0.2) is 0 Å². The molecule has 2 N–H and O–H groups in total. The summed E-state index contributed by atoms with van der Waals surface area (Å²) in [6.45, 7) is 0.582. The smallest absolute Gasteiger partial charge is 0.373 e. The molecule has 0 aliphatic heterocycles. The number of hydrogen-bond donors (Lipinski definition) is 2. The van der Waals surface area contributed by atoms with Crippen LogP contribution in [0.3, 0.4) is 0 Å². The van der Waals surface area contributed by atoms with Gasteiger partial charge in [-0.2, -0.15) is 24.9 Å². The van der Waals surface area contributed by atoms with Crippen LogP contribution in [0.2, 0.25) is 0 Å². The molecule has 0 spiro atoms. The summed E-state index contributed by atoms with van der Waals surface area (Å²) in [7, 11) is 1.54. The highest BCUT2D eigenvalue weighted by molar-refractivity contribution is 7.98. The minimum absolute atomic E-state index is 0.200. The molecule has 0 saturated heterocycles. The van der Waals surface area contributed by atoms with Crippen LogP contribution in [-0.2, 0) is 6.18 Å². The summed E-state index contributed by atoms with van der Waals surface area (Å²) in [5.74, 6) is 1.25. The van der Waals surface area contributed by atoms with E-state index in [1.165, 1.54) is 7.05 Å². The Bertz CT molecular complexity index is 368. The molecule has 0 fully saturated rings. The molecule has 1 heterocycles. The lowest BCUT2D eigenvalue weighted by atomic mass is 10.2. The van der Waals surface area contributed by atoms with E-state index in [1.54, 1.807) is 11.8 Å². The summed E-state index contributed by atoms with van der Waals surface area (Å²) in [5, 5.41) is 5.47. The molecule has 0 aliphatic carbocycles. The first-order valence-electron chi connectivity index (χ1n) is 4.97. The Hall–Kier alpha value is -1.11. The molecule has 1 aromatic rings. The van der Waals surface area contributed by atoms with Gasteiger partial charge in [-0.05, 0) is 18.4 Å². The Labute approximate surface area is 102 Å². The minimum atomic E-state index is -4.36. The second-order valence-electron chi connectivity index (χ2n) is 3.29. The number of hydrogen-bond acceptors (Lipinski definition) is 4. The lowest BCUT2D eigenvalue weighted by Crippen LogP contribution is -2.11. The summed E-state index contributed by atoms with van der Waals surface area (Å²) in [6.07, 6.45) is -2.43. The van der Waals surface area contributed by atoms with Crippen molar-refractivity contribution in [3.63, 3.8) is 0 Å². The van der Waals surface area contributed by atoms with Gasteiger partial charge in [0.25, 0.3) is 0 Å². The Morgan fingerprint density at radius 2 is 1.94 bits per heavy atom. The SMILES string of the molecule is CNc1cc(C(F)(F)F)cc(NCCSC)n1. The average molecular weight is 265 g/mol. The molecule has 0 radical (unpaired) electrons. The number of rotatable bonds is 5. The van der Waals surface area contributed by atoms with Crippen LogP contribution >= 0.6 is 11.8 Å². The summed E-state index contributed by atoms with van der Waals surface area (Å²) in [5.41, 5.74) is -0.705. The molecular weight excluding hydrogens is 251 g/mol. The number of alkyl halides is 3. The molecule has 1 rings (SSSR count). The van der Waals surface area contributed by atoms with E-state index in [1.807, 2.05) is 6.26 Å². The average Bonchev–Trinajstić information content (AvgIpc) is 2.28. The standard InChI is InChI=1S/C10H14F3N3S/c1-14-8-5-7(10(11,12)13)6-9(16-8)15-3-4-17-2/h5-6H,3-4H2,1-2H3,(H2,14,15,16). The number of nitrogens with one attached hydrogen (secondary N) is 2. The van der Waals surface area contributed by atoms with Crippen molar-refractivity contribution in [3.05, 3.63) is 17.7 Å². The molecule has 0 aromatic carbocycles. The first-order valence-corrected chi connectivity index (χ1v) is 6.36. The van der Waals surface area contributed by atoms with Crippen molar-refractivity contribution in [2.24, 2.45) is 0 Å². The molecule has 0 saturated carbocycles. The highest BCUT2D eigenvalue weighted by Crippen LogP contribution is 2.31. The van der Waals surface area contributed by atoms with Crippen molar-refractivity contribution in [3.8, 4) is 0 Å². The zero-order valence-corrected chi connectivity index (χ0v) is 10.4. The van der Waals surface area contributed by atoms with Crippen LogP contribution in [0.25, 0.3) is 0 Å². The van der Waals surface area contributed by atoms with Crippen LogP contribution in [0, 0.1) is 0 Å². The lowest BCUT2D eigenvalue weighted by molar-refractivity contribution is -0.137. The Morgan fingerprint density at radius 3 is 2.47 bits per heavy atom. The molecule has 1 aromatic heterocycles. The summed E-state index contributed by atoms with van der Waals surface area (Å²) < 4.78 is 37.8. The van der Waals surface area contributed by atoms with Crippen molar-refractivity contribution in [2.45, 2.75) is 6.18 Å². The fourth-order valence-corrected chi connectivity index (χ4v) is 1.50. The van der Waals surface area contributed by atoms with Crippen LogP contribution in [-0.4, -0.2) is 30.6 Å². The van der Waals surface area contributed by atoms with E-state index in [-0.39, 0.29) is 11.6 Å². The number of nitrogens with zero attached hydrogens (tertiary/aromatic N) is 1. The summed E-state index contributed by atoms with van der Waals surface area (Å²) in [6, 6.07) is 2.00. The number of anilines is 2. The van der Waals surface area contributed by atoms with Gasteiger partial charge < -0.3 is 10.6 Å². The molecule has 3 nitrogen and oxygen atoms in total. The van der Waals surface area contributed by atoms with E-state index >= 15 is 0 Å². The molecule has 0 amide bonds. The van der Waals surface area contributed by atoms with Gasteiger partial charge in [-0.1, -0.05) is 0 Å². The van der Waals surface area contributed by atoms with Crippen molar-refractivity contribution in [1.82, 2.24) is 4.98 Å². The maximum Gasteiger partial charge on any atom is 0.416 e. The van der Waals surface area contributed by atoms with Crippen molar-refractivity contribution < 1.29 is 13.2 Å². The van der Waals surface area contributed by atoms with Crippen LogP contribution in [0.5, 0.6) is 0 Å². The zero-order chi connectivity index (χ0) is 12.9. The molecule has 96 valence electrons. The van der Waals surface area contributed by atoms with Crippen molar-refractivity contribution in [1.29, 1.82) is 0 Å². The first-order chi connectivity index (χ1) is 7.97. The predicted octanol–water partition coefficient (Wildman–Crippen LogP) is 2.92. The zero-order valence-electron chi connectivity index (χ0n) is 9.56. The predicted molar refractivity (Wildman–Crippen MR) is 65.7 cm³/mol. The molecule has 0 aliphatic rings. The second kappa shape index (κ2) is 6.00. The van der Waals surface area contributed by atoms with Gasteiger partial charge in [0.2, 0.25) is 0 Å². The van der Waals surface area contributed by atoms with Gasteiger partial charge in [0.1, 0.15) is 11.6 Å². The summed E-state index contributed by atoms with van der Waals surface area (Å²) >= 11 is 1.61. The van der Waals surface area contributed by atoms with Crippen molar-refractivity contribution in [2.75, 3.05) is 36.2 Å². The highest BCUT2D eigenvalue weighted by Gasteiger charge is 2.31. The third kappa shape index (κ3) is 4.33. The quantitative estimate of drug-likeness (QED) is 0.803. The first kappa shape index (κ1) is 14.0. The lowest BCUT2D eigenvalue weighted by Gasteiger charge is -2.12. The largest absolute Gasteiger partial charge is 0.416 e. The maximum absolute atomic E-state index is 12.6. The van der Waals surface area contributed by atoms with Crippen LogP contribution in [0.4, 0.5) is 24.8 Å². The normalized spacial score (nSPS) is 11.4. The third-order valence-corrected chi connectivity index (χ3v) is 2.63. The number of thioether (sulfide) groups is 1. The van der Waals surface area contributed by atoms with E-state index in [9.17, 15) is 13.2 Å². The molecule has 0 atom stereocenters. The maximum atomic E-state index is 12.6. The molecule has 17 heavy (non-hydrogen) atoms.